The molecule has 0 aliphatic rings. The number of ether oxygens (including phenoxy) is 4. The Morgan fingerprint density at radius 2 is 1.53 bits per heavy atom. The van der Waals surface area contributed by atoms with Crippen molar-refractivity contribution in [1.82, 2.24) is 0 Å². The van der Waals surface area contributed by atoms with Crippen LogP contribution in [-0.2, 0) is 25.2 Å². The Morgan fingerprint density at radius 3 is 2.06 bits per heavy atom. The van der Waals surface area contributed by atoms with Crippen LogP contribution in [0.4, 0.5) is 5.69 Å². The Hall–Kier alpha value is -3.99. The molecule has 11 heteroatoms. The number of sulfone groups is 1. The number of aliphatic carboxylic acids is 1. The smallest absolute Gasteiger partial charge is 0.328 e. The van der Waals surface area contributed by atoms with Crippen molar-refractivity contribution < 1.29 is 42.1 Å². The number of nitrogens with one attached hydrogen (secondary N) is 1. The number of carboxylic acid groups (broad SMARTS) is 1. The molecule has 1 amide bonds. The summed E-state index contributed by atoms with van der Waals surface area (Å²) in [4.78, 5) is 22.5. The maximum absolute atomic E-state index is 12.8. The minimum absolute atomic E-state index is 0.192. The van der Waals surface area contributed by atoms with Crippen molar-refractivity contribution >= 4 is 33.5 Å². The molecular weight excluding hydrogens is 466 g/mol. The third kappa shape index (κ3) is 7.27. The highest BCUT2D eigenvalue weighted by atomic mass is 32.2. The summed E-state index contributed by atoms with van der Waals surface area (Å²) in [7, 11) is 2.00. The third-order valence-electron chi connectivity index (χ3n) is 4.46. The first kappa shape index (κ1) is 26.3. The van der Waals surface area contributed by atoms with Gasteiger partial charge >= 0.3 is 5.97 Å². The number of rotatable bonds is 11. The van der Waals surface area contributed by atoms with E-state index in [0.29, 0.717) is 34.5 Å². The molecule has 0 saturated carbocycles. The van der Waals surface area contributed by atoms with E-state index in [1.807, 2.05) is 0 Å². The van der Waals surface area contributed by atoms with Crippen LogP contribution < -0.4 is 24.3 Å². The Bertz CT molecular complexity index is 1190. The molecule has 0 bridgehead atoms. The minimum atomic E-state index is -3.75. The summed E-state index contributed by atoms with van der Waals surface area (Å²) in [5.41, 5.74) is 0.983. The molecule has 2 aromatic rings. The number of hydrogen-bond donors (Lipinski definition) is 2. The molecule has 0 aliphatic heterocycles. The number of hydrogen-bond acceptors (Lipinski definition) is 8. The maximum Gasteiger partial charge on any atom is 0.328 e. The van der Waals surface area contributed by atoms with Crippen molar-refractivity contribution in [3.8, 4) is 23.0 Å². The Morgan fingerprint density at radius 1 is 0.912 bits per heavy atom. The lowest BCUT2D eigenvalue weighted by atomic mass is 10.1. The summed E-state index contributed by atoms with van der Waals surface area (Å²) in [5.74, 6) is -0.861. The average Bonchev–Trinajstić information content (AvgIpc) is 2.80. The van der Waals surface area contributed by atoms with E-state index >= 15 is 0 Å². The van der Waals surface area contributed by atoms with E-state index in [2.05, 4.69) is 5.32 Å². The van der Waals surface area contributed by atoms with Crippen molar-refractivity contribution in [1.29, 1.82) is 0 Å². The predicted molar refractivity (Wildman–Crippen MR) is 126 cm³/mol. The van der Waals surface area contributed by atoms with Gasteiger partial charge in [0.1, 0.15) is 23.0 Å². The van der Waals surface area contributed by atoms with Crippen LogP contribution in [0, 0.1) is 0 Å². The van der Waals surface area contributed by atoms with E-state index < -0.39 is 21.7 Å². The normalized spacial score (nSPS) is 11.4. The zero-order valence-electron chi connectivity index (χ0n) is 19.0. The molecule has 2 N–H and O–H groups in total. The Balaban J connectivity index is 2.31. The first-order valence-corrected chi connectivity index (χ1v) is 11.4. The molecule has 0 heterocycles. The molecular formula is C23H25NO9S. The molecule has 34 heavy (non-hydrogen) atoms. The number of anilines is 1. The summed E-state index contributed by atoms with van der Waals surface area (Å²) in [6.45, 7) is 0. The second-order valence-corrected chi connectivity index (χ2v) is 8.64. The van der Waals surface area contributed by atoms with Gasteiger partial charge in [0.15, 0.2) is 9.84 Å². The zero-order chi connectivity index (χ0) is 25.3. The van der Waals surface area contributed by atoms with Gasteiger partial charge in [0.05, 0.1) is 45.4 Å². The van der Waals surface area contributed by atoms with Crippen molar-refractivity contribution in [3.05, 3.63) is 59.0 Å². The van der Waals surface area contributed by atoms with Crippen molar-refractivity contribution in [3.63, 3.8) is 0 Å². The van der Waals surface area contributed by atoms with E-state index in [4.69, 9.17) is 24.1 Å². The molecule has 0 saturated heterocycles. The monoisotopic (exact) mass is 491 g/mol. The second kappa shape index (κ2) is 11.8. The van der Waals surface area contributed by atoms with Crippen LogP contribution >= 0.6 is 0 Å². The van der Waals surface area contributed by atoms with Gasteiger partial charge in [-0.2, -0.15) is 0 Å². The fourth-order valence-electron chi connectivity index (χ4n) is 2.91. The largest absolute Gasteiger partial charge is 0.496 e. The summed E-state index contributed by atoms with van der Waals surface area (Å²) in [5, 5.41) is 12.1. The molecule has 0 atom stereocenters. The van der Waals surface area contributed by atoms with Crippen molar-refractivity contribution in [2.45, 2.75) is 5.75 Å². The van der Waals surface area contributed by atoms with E-state index in [9.17, 15) is 18.0 Å². The van der Waals surface area contributed by atoms with Crippen molar-refractivity contribution in [2.24, 2.45) is 0 Å². The predicted octanol–water partition coefficient (Wildman–Crippen LogP) is 2.89. The molecule has 0 fully saturated rings. The van der Waals surface area contributed by atoms with E-state index in [-0.39, 0.29) is 17.2 Å². The zero-order valence-corrected chi connectivity index (χ0v) is 19.8. The van der Waals surface area contributed by atoms with Gasteiger partial charge in [-0.3, -0.25) is 4.79 Å². The van der Waals surface area contributed by atoms with Gasteiger partial charge in [0.2, 0.25) is 5.91 Å². The minimum Gasteiger partial charge on any atom is -0.496 e. The number of amides is 1. The van der Waals surface area contributed by atoms with Crippen LogP contribution in [0.1, 0.15) is 11.1 Å². The third-order valence-corrected chi connectivity index (χ3v) is 5.75. The quantitative estimate of drug-likeness (QED) is 0.454. The number of methoxy groups -OCH3 is 4. The lowest BCUT2D eigenvalue weighted by Crippen LogP contribution is -2.10. The van der Waals surface area contributed by atoms with Crippen LogP contribution in [0.25, 0.3) is 6.08 Å². The summed E-state index contributed by atoms with van der Waals surface area (Å²) in [6, 6.07) is 7.69. The van der Waals surface area contributed by atoms with Crippen LogP contribution in [0.3, 0.4) is 0 Å². The molecule has 0 aliphatic carbocycles. The molecule has 2 aromatic carbocycles. The Labute approximate surface area is 197 Å². The standard InChI is InChI=1S/C23H25NO9S/c1-30-16-12-20(32-3)17(21(13-16)33-4)9-10-34(28,29)14-15-5-6-19(31-2)18(11-15)24-22(25)7-8-23(26)27/h5-13H,14H2,1-4H3,(H,24,25)(H,26,27)/b8-7+,10-9+. The highest BCUT2D eigenvalue weighted by Crippen LogP contribution is 2.35. The Kier molecular flexibility index (Phi) is 9.08. The van der Waals surface area contributed by atoms with Crippen LogP contribution in [0.15, 0.2) is 47.9 Å². The number of carbonyl (C=O) groups excluding carboxylic acids is 1. The highest BCUT2D eigenvalue weighted by Gasteiger charge is 2.15. The lowest BCUT2D eigenvalue weighted by Gasteiger charge is -2.13. The van der Waals surface area contributed by atoms with Gasteiger partial charge in [-0.25, -0.2) is 13.2 Å². The fraction of sp³-hybridized carbons (Fsp3) is 0.217. The summed E-state index contributed by atoms with van der Waals surface area (Å²) >= 11 is 0. The topological polar surface area (TPSA) is 137 Å². The van der Waals surface area contributed by atoms with Gasteiger partial charge in [0, 0.05) is 29.7 Å². The van der Waals surface area contributed by atoms with Crippen molar-refractivity contribution in [2.75, 3.05) is 33.8 Å². The van der Waals surface area contributed by atoms with Gasteiger partial charge in [0.25, 0.3) is 0 Å². The van der Waals surface area contributed by atoms with Gasteiger partial charge in [-0.15, -0.1) is 0 Å². The van der Waals surface area contributed by atoms with Gasteiger partial charge in [-0.1, -0.05) is 6.07 Å². The second-order valence-electron chi connectivity index (χ2n) is 6.75. The van der Waals surface area contributed by atoms with Crippen LogP contribution in [-0.4, -0.2) is 53.8 Å². The average molecular weight is 492 g/mol. The maximum atomic E-state index is 12.8. The van der Waals surface area contributed by atoms with Gasteiger partial charge in [-0.05, 0) is 23.8 Å². The molecule has 0 spiro atoms. The highest BCUT2D eigenvalue weighted by molar-refractivity contribution is 7.93. The fourth-order valence-corrected chi connectivity index (χ4v) is 4.00. The first-order valence-electron chi connectivity index (χ1n) is 9.72. The van der Waals surface area contributed by atoms with E-state index in [1.54, 1.807) is 18.2 Å². The molecule has 0 unspecified atom stereocenters. The summed E-state index contributed by atoms with van der Waals surface area (Å²) < 4.78 is 46.6. The lowest BCUT2D eigenvalue weighted by molar-refractivity contribution is -0.131. The number of carbonyl (C=O) groups is 2. The molecule has 0 radical (unpaired) electrons. The number of benzene rings is 2. The van der Waals surface area contributed by atoms with E-state index in [1.165, 1.54) is 46.6 Å². The molecule has 182 valence electrons. The van der Waals surface area contributed by atoms with E-state index in [0.717, 1.165) is 11.5 Å². The first-order chi connectivity index (χ1) is 16.1. The van der Waals surface area contributed by atoms with Gasteiger partial charge < -0.3 is 29.4 Å². The molecule has 2 rings (SSSR count). The molecule has 10 nitrogen and oxygen atoms in total. The SMILES string of the molecule is COc1cc(OC)c(/C=C/S(=O)(=O)Cc2ccc(OC)c(NC(=O)/C=C/C(=O)O)c2)c(OC)c1. The number of carboxylic acids is 1. The molecule has 0 aromatic heterocycles. The summed E-state index contributed by atoms with van der Waals surface area (Å²) in [6.07, 6.45) is 2.89. The van der Waals surface area contributed by atoms with Crippen LogP contribution in [0.2, 0.25) is 0 Å². The van der Waals surface area contributed by atoms with Crippen LogP contribution in [0.5, 0.6) is 23.0 Å².